The molecule has 1 amide bonds. The Morgan fingerprint density at radius 1 is 1.12 bits per heavy atom. The van der Waals surface area contributed by atoms with Crippen molar-refractivity contribution < 1.29 is 14.7 Å². The van der Waals surface area contributed by atoms with E-state index in [1.54, 1.807) is 42.5 Å². The van der Waals surface area contributed by atoms with Crippen LogP contribution in [0.25, 0.3) is 0 Å². The van der Waals surface area contributed by atoms with Gasteiger partial charge in [0, 0.05) is 10.6 Å². The van der Waals surface area contributed by atoms with Crippen molar-refractivity contribution in [2.75, 3.05) is 5.32 Å². The van der Waals surface area contributed by atoms with Gasteiger partial charge in [0.25, 0.3) is 0 Å². The molecule has 0 saturated heterocycles. The molecule has 0 aliphatic heterocycles. The van der Waals surface area contributed by atoms with Gasteiger partial charge in [0.15, 0.2) is 0 Å². The molecule has 1 unspecified atom stereocenters. The van der Waals surface area contributed by atoms with E-state index in [1.165, 1.54) is 6.42 Å². The molecule has 3 rings (SSSR count). The number of carbonyl (C=O) groups excluding carboxylic acids is 1. The Hall–Kier alpha value is -2.14. The summed E-state index contributed by atoms with van der Waals surface area (Å²) in [5, 5.41) is 14.2. The Balaban J connectivity index is 1.79. The van der Waals surface area contributed by atoms with Crippen LogP contribution in [0.5, 0.6) is 0 Å². The maximum Gasteiger partial charge on any atom is 0.310 e. The number of thiophene rings is 1. The molecule has 0 spiro atoms. The third-order valence-corrected chi connectivity index (χ3v) is 6.25. The summed E-state index contributed by atoms with van der Waals surface area (Å²) in [6.45, 7) is 1.66. The van der Waals surface area contributed by atoms with Crippen molar-refractivity contribution >= 4 is 28.9 Å². The molecular formula is C20H23NO3S. The summed E-state index contributed by atoms with van der Waals surface area (Å²) in [4.78, 5) is 25.3. The lowest BCUT2D eigenvalue weighted by atomic mass is 9.72. The molecule has 132 valence electrons. The molecule has 2 N–H and O–H groups in total. The summed E-state index contributed by atoms with van der Waals surface area (Å²) in [5.74, 6) is -1.36. The largest absolute Gasteiger partial charge is 0.481 e. The van der Waals surface area contributed by atoms with Crippen molar-refractivity contribution in [2.24, 2.45) is 0 Å². The van der Waals surface area contributed by atoms with Gasteiger partial charge < -0.3 is 10.4 Å². The zero-order chi connectivity index (χ0) is 17.9. The van der Waals surface area contributed by atoms with Gasteiger partial charge in [0.05, 0.1) is 11.3 Å². The summed E-state index contributed by atoms with van der Waals surface area (Å²) >= 11 is 1.65. The van der Waals surface area contributed by atoms with Crippen LogP contribution in [-0.4, -0.2) is 17.0 Å². The first-order valence-electron chi connectivity index (χ1n) is 8.71. The highest BCUT2D eigenvalue weighted by molar-refractivity contribution is 7.10. The summed E-state index contributed by atoms with van der Waals surface area (Å²) in [6, 6.07) is 11.2. The van der Waals surface area contributed by atoms with Crippen LogP contribution in [0, 0.1) is 0 Å². The minimum atomic E-state index is -0.851. The Kier molecular flexibility index (Phi) is 5.23. The van der Waals surface area contributed by atoms with Gasteiger partial charge in [-0.3, -0.25) is 9.59 Å². The third kappa shape index (κ3) is 3.61. The summed E-state index contributed by atoms with van der Waals surface area (Å²) < 4.78 is 0. The van der Waals surface area contributed by atoms with E-state index in [2.05, 4.69) is 11.4 Å². The number of amides is 1. The van der Waals surface area contributed by atoms with Crippen LogP contribution < -0.4 is 5.32 Å². The first-order valence-corrected chi connectivity index (χ1v) is 9.59. The number of aliphatic carboxylic acids is 1. The van der Waals surface area contributed by atoms with E-state index in [0.717, 1.165) is 36.1 Å². The fourth-order valence-corrected chi connectivity index (χ4v) is 4.52. The first-order chi connectivity index (χ1) is 12.0. The lowest BCUT2D eigenvalue weighted by Crippen LogP contribution is -2.41. The molecule has 1 aromatic heterocycles. The Bertz CT molecular complexity index is 731. The van der Waals surface area contributed by atoms with Gasteiger partial charge in [-0.15, -0.1) is 11.3 Å². The molecule has 25 heavy (non-hydrogen) atoms. The predicted molar refractivity (Wildman–Crippen MR) is 100 cm³/mol. The topological polar surface area (TPSA) is 66.4 Å². The quantitative estimate of drug-likeness (QED) is 0.809. The van der Waals surface area contributed by atoms with Gasteiger partial charge in [-0.2, -0.15) is 0 Å². The highest BCUT2D eigenvalue weighted by Crippen LogP contribution is 2.42. The van der Waals surface area contributed by atoms with E-state index >= 15 is 0 Å². The minimum absolute atomic E-state index is 0.0497. The van der Waals surface area contributed by atoms with Crippen molar-refractivity contribution in [3.63, 3.8) is 0 Å². The highest BCUT2D eigenvalue weighted by atomic mass is 32.1. The smallest absolute Gasteiger partial charge is 0.310 e. The number of carbonyl (C=O) groups is 2. The molecule has 1 fully saturated rings. The van der Waals surface area contributed by atoms with E-state index in [0.29, 0.717) is 5.69 Å². The minimum Gasteiger partial charge on any atom is -0.481 e. The number of carboxylic acid groups (broad SMARTS) is 1. The standard InChI is InChI=1S/C20H23NO3S/c1-14(18(22)23)15-7-9-16(10-8-15)21-19(24)20(11-3-2-4-12-20)17-6-5-13-25-17/h5-10,13-14H,2-4,11-12H2,1H3,(H,21,24)(H,22,23). The van der Waals surface area contributed by atoms with E-state index in [4.69, 9.17) is 5.11 Å². The van der Waals surface area contributed by atoms with E-state index in [1.807, 2.05) is 11.4 Å². The van der Waals surface area contributed by atoms with Crippen molar-refractivity contribution in [1.29, 1.82) is 0 Å². The lowest BCUT2D eigenvalue weighted by Gasteiger charge is -2.35. The van der Waals surface area contributed by atoms with Crippen molar-refractivity contribution in [1.82, 2.24) is 0 Å². The normalized spacial score (nSPS) is 17.6. The van der Waals surface area contributed by atoms with Gasteiger partial charge in [0.2, 0.25) is 5.91 Å². The number of hydrogen-bond donors (Lipinski definition) is 2. The van der Waals surface area contributed by atoms with Crippen LogP contribution in [0.15, 0.2) is 41.8 Å². The summed E-state index contributed by atoms with van der Waals surface area (Å²) in [6.07, 6.45) is 5.09. The zero-order valence-electron chi connectivity index (χ0n) is 14.3. The molecule has 1 aromatic carbocycles. The van der Waals surface area contributed by atoms with Gasteiger partial charge in [-0.1, -0.05) is 37.5 Å². The summed E-state index contributed by atoms with van der Waals surface area (Å²) in [5.41, 5.74) is 1.02. The first kappa shape index (κ1) is 17.7. The molecular weight excluding hydrogens is 334 g/mol. The number of benzene rings is 1. The molecule has 4 nitrogen and oxygen atoms in total. The number of anilines is 1. The number of rotatable bonds is 5. The molecule has 1 heterocycles. The maximum atomic E-state index is 13.1. The third-order valence-electron chi connectivity index (χ3n) is 5.17. The fourth-order valence-electron chi connectivity index (χ4n) is 3.54. The van der Waals surface area contributed by atoms with Gasteiger partial charge >= 0.3 is 5.97 Å². The zero-order valence-corrected chi connectivity index (χ0v) is 15.1. The second-order valence-corrected chi connectivity index (χ2v) is 7.70. The highest BCUT2D eigenvalue weighted by Gasteiger charge is 2.41. The SMILES string of the molecule is CC(C(=O)O)c1ccc(NC(=O)C2(c3cccs3)CCCCC2)cc1. The van der Waals surface area contributed by atoms with Crippen molar-refractivity contribution in [3.05, 3.63) is 52.2 Å². The molecule has 1 aliphatic carbocycles. The predicted octanol–water partition coefficient (Wildman–Crippen LogP) is 4.78. The van der Waals surface area contributed by atoms with Crippen LogP contribution in [0.4, 0.5) is 5.69 Å². The van der Waals surface area contributed by atoms with Crippen LogP contribution in [0.2, 0.25) is 0 Å². The molecule has 1 aliphatic rings. The van der Waals surface area contributed by atoms with Gasteiger partial charge in [-0.05, 0) is 48.9 Å². The molecule has 0 bridgehead atoms. The number of nitrogens with one attached hydrogen (secondary N) is 1. The van der Waals surface area contributed by atoms with E-state index in [9.17, 15) is 9.59 Å². The molecule has 2 aromatic rings. The Morgan fingerprint density at radius 3 is 2.36 bits per heavy atom. The van der Waals surface area contributed by atoms with Crippen LogP contribution in [0.1, 0.15) is 55.4 Å². The molecule has 0 radical (unpaired) electrons. The second-order valence-electron chi connectivity index (χ2n) is 6.76. The van der Waals surface area contributed by atoms with Crippen LogP contribution in [0.3, 0.4) is 0 Å². The maximum absolute atomic E-state index is 13.1. The average molecular weight is 357 g/mol. The Morgan fingerprint density at radius 2 is 1.80 bits per heavy atom. The van der Waals surface area contributed by atoms with E-state index in [-0.39, 0.29) is 5.91 Å². The van der Waals surface area contributed by atoms with Crippen LogP contribution in [-0.2, 0) is 15.0 Å². The monoisotopic (exact) mass is 357 g/mol. The van der Waals surface area contributed by atoms with Crippen LogP contribution >= 0.6 is 11.3 Å². The average Bonchev–Trinajstić information content (AvgIpc) is 3.17. The summed E-state index contributed by atoms with van der Waals surface area (Å²) in [7, 11) is 0. The molecule has 1 atom stereocenters. The van der Waals surface area contributed by atoms with Crippen molar-refractivity contribution in [3.8, 4) is 0 Å². The van der Waals surface area contributed by atoms with Gasteiger partial charge in [0.1, 0.15) is 0 Å². The molecule has 1 saturated carbocycles. The number of hydrogen-bond acceptors (Lipinski definition) is 3. The van der Waals surface area contributed by atoms with Gasteiger partial charge in [-0.25, -0.2) is 0 Å². The lowest BCUT2D eigenvalue weighted by molar-refractivity contribution is -0.138. The van der Waals surface area contributed by atoms with Crippen molar-refractivity contribution in [2.45, 2.75) is 50.4 Å². The van der Waals surface area contributed by atoms with E-state index < -0.39 is 17.3 Å². The molecule has 5 heteroatoms. The second kappa shape index (κ2) is 7.40. The fraction of sp³-hybridized carbons (Fsp3) is 0.400. The number of carboxylic acids is 1. The Labute approximate surface area is 151 Å².